The Kier molecular flexibility index (Phi) is 4.98. The number of aliphatic carboxylic acids is 1. The van der Waals surface area contributed by atoms with Crippen LogP contribution in [0.15, 0.2) is 35.7 Å². The van der Waals surface area contributed by atoms with Crippen LogP contribution in [0.2, 0.25) is 0 Å². The fourth-order valence-electron chi connectivity index (χ4n) is 2.17. The molecule has 1 aromatic heterocycles. The molecule has 1 aromatic carbocycles. The second kappa shape index (κ2) is 6.75. The molecule has 0 fully saturated rings. The maximum Gasteiger partial charge on any atom is 0.330 e. The van der Waals surface area contributed by atoms with Crippen molar-refractivity contribution in [1.82, 2.24) is 5.32 Å². The number of thiophene rings is 1. The largest absolute Gasteiger partial charge is 0.479 e. The summed E-state index contributed by atoms with van der Waals surface area (Å²) in [5.41, 5.74) is 2.68. The van der Waals surface area contributed by atoms with E-state index in [1.807, 2.05) is 43.5 Å². The summed E-state index contributed by atoms with van der Waals surface area (Å²) in [4.78, 5) is 24.8. The SMILES string of the molecule is Cc1ccc(C(NC(=O)C(C)c2cccs2)C(=O)O)cc1C. The molecular weight excluding hydrogens is 298 g/mol. The fourth-order valence-corrected chi connectivity index (χ4v) is 2.95. The molecule has 2 aromatic rings. The number of carbonyl (C=O) groups is 2. The molecule has 4 nitrogen and oxygen atoms in total. The normalized spacial score (nSPS) is 13.4. The maximum absolute atomic E-state index is 12.3. The zero-order chi connectivity index (χ0) is 16.3. The van der Waals surface area contributed by atoms with Crippen molar-refractivity contribution >= 4 is 23.2 Å². The lowest BCUT2D eigenvalue weighted by molar-refractivity contribution is -0.142. The maximum atomic E-state index is 12.3. The number of carbonyl (C=O) groups excluding carboxylic acids is 1. The van der Waals surface area contributed by atoms with Crippen LogP contribution in [0.25, 0.3) is 0 Å². The van der Waals surface area contributed by atoms with Gasteiger partial charge in [0.25, 0.3) is 0 Å². The van der Waals surface area contributed by atoms with Crippen LogP contribution in [0, 0.1) is 13.8 Å². The van der Waals surface area contributed by atoms with Crippen molar-refractivity contribution < 1.29 is 14.7 Å². The van der Waals surface area contributed by atoms with Gasteiger partial charge in [0.05, 0.1) is 5.92 Å². The van der Waals surface area contributed by atoms with Crippen LogP contribution in [0.3, 0.4) is 0 Å². The Balaban J connectivity index is 2.20. The first kappa shape index (κ1) is 16.2. The van der Waals surface area contributed by atoms with E-state index in [0.717, 1.165) is 16.0 Å². The molecule has 2 N–H and O–H groups in total. The van der Waals surface area contributed by atoms with Crippen LogP contribution in [0.4, 0.5) is 0 Å². The van der Waals surface area contributed by atoms with Gasteiger partial charge in [-0.2, -0.15) is 0 Å². The zero-order valence-corrected chi connectivity index (χ0v) is 13.6. The molecule has 116 valence electrons. The molecule has 2 rings (SSSR count). The summed E-state index contributed by atoms with van der Waals surface area (Å²) in [5, 5.41) is 14.0. The predicted octanol–water partition coefficient (Wildman–Crippen LogP) is 3.41. The number of hydrogen-bond donors (Lipinski definition) is 2. The van der Waals surface area contributed by atoms with E-state index >= 15 is 0 Å². The number of amides is 1. The molecule has 0 radical (unpaired) electrons. The number of hydrogen-bond acceptors (Lipinski definition) is 3. The zero-order valence-electron chi connectivity index (χ0n) is 12.8. The van der Waals surface area contributed by atoms with Crippen LogP contribution < -0.4 is 5.32 Å². The van der Waals surface area contributed by atoms with E-state index in [1.54, 1.807) is 13.0 Å². The van der Waals surface area contributed by atoms with Crippen LogP contribution >= 0.6 is 11.3 Å². The number of carboxylic acids is 1. The minimum Gasteiger partial charge on any atom is -0.479 e. The van der Waals surface area contributed by atoms with E-state index in [-0.39, 0.29) is 11.8 Å². The molecule has 0 spiro atoms. The standard InChI is InChI=1S/C17H19NO3S/c1-10-6-7-13(9-11(10)2)15(17(20)21)18-16(19)12(3)14-5-4-8-22-14/h4-9,12,15H,1-3H3,(H,18,19)(H,20,21). The van der Waals surface area contributed by atoms with Gasteiger partial charge in [0.15, 0.2) is 6.04 Å². The molecule has 22 heavy (non-hydrogen) atoms. The van der Waals surface area contributed by atoms with Crippen LogP contribution in [0.1, 0.15) is 40.5 Å². The Bertz CT molecular complexity index is 679. The number of rotatable bonds is 5. The van der Waals surface area contributed by atoms with E-state index in [0.29, 0.717) is 5.56 Å². The Morgan fingerprint density at radius 1 is 1.18 bits per heavy atom. The van der Waals surface area contributed by atoms with Gasteiger partial charge in [-0.1, -0.05) is 24.3 Å². The number of benzene rings is 1. The number of carboxylic acid groups (broad SMARTS) is 1. The topological polar surface area (TPSA) is 66.4 Å². The van der Waals surface area contributed by atoms with Gasteiger partial charge < -0.3 is 10.4 Å². The molecule has 0 aliphatic rings. The van der Waals surface area contributed by atoms with Crippen LogP contribution in [0.5, 0.6) is 0 Å². The van der Waals surface area contributed by atoms with Gasteiger partial charge in [0.1, 0.15) is 0 Å². The van der Waals surface area contributed by atoms with E-state index in [2.05, 4.69) is 5.32 Å². The summed E-state index contributed by atoms with van der Waals surface area (Å²) in [6.45, 7) is 5.67. The smallest absolute Gasteiger partial charge is 0.330 e. The van der Waals surface area contributed by atoms with Crippen molar-refractivity contribution in [3.63, 3.8) is 0 Å². The molecule has 0 saturated heterocycles. The van der Waals surface area contributed by atoms with Gasteiger partial charge in [0.2, 0.25) is 5.91 Å². The van der Waals surface area contributed by atoms with Gasteiger partial charge in [-0.25, -0.2) is 4.79 Å². The van der Waals surface area contributed by atoms with E-state index in [9.17, 15) is 14.7 Å². The minimum atomic E-state index is -1.06. The lowest BCUT2D eigenvalue weighted by Gasteiger charge is -2.18. The number of nitrogens with one attached hydrogen (secondary N) is 1. The average molecular weight is 317 g/mol. The highest BCUT2D eigenvalue weighted by Crippen LogP contribution is 2.23. The third-order valence-electron chi connectivity index (χ3n) is 3.76. The Morgan fingerprint density at radius 3 is 2.45 bits per heavy atom. The molecule has 5 heteroatoms. The highest BCUT2D eigenvalue weighted by Gasteiger charge is 2.25. The monoisotopic (exact) mass is 317 g/mol. The van der Waals surface area contributed by atoms with Gasteiger partial charge >= 0.3 is 5.97 Å². The third-order valence-corrected chi connectivity index (χ3v) is 4.82. The molecule has 0 aliphatic heterocycles. The van der Waals surface area contributed by atoms with Crippen molar-refractivity contribution in [1.29, 1.82) is 0 Å². The summed E-state index contributed by atoms with van der Waals surface area (Å²) in [5.74, 6) is -1.71. The summed E-state index contributed by atoms with van der Waals surface area (Å²) in [6.07, 6.45) is 0. The van der Waals surface area contributed by atoms with Crippen molar-refractivity contribution in [3.8, 4) is 0 Å². The summed E-state index contributed by atoms with van der Waals surface area (Å²) < 4.78 is 0. The second-order valence-electron chi connectivity index (χ2n) is 5.36. The van der Waals surface area contributed by atoms with Crippen molar-refractivity contribution in [2.45, 2.75) is 32.7 Å². The molecule has 0 aliphatic carbocycles. The minimum absolute atomic E-state index is 0.284. The van der Waals surface area contributed by atoms with Crippen molar-refractivity contribution in [3.05, 3.63) is 57.3 Å². The first-order valence-electron chi connectivity index (χ1n) is 7.04. The fraction of sp³-hybridized carbons (Fsp3) is 0.294. The van der Waals surface area contributed by atoms with E-state index in [4.69, 9.17) is 0 Å². The van der Waals surface area contributed by atoms with Crippen LogP contribution in [-0.2, 0) is 9.59 Å². The first-order valence-corrected chi connectivity index (χ1v) is 7.92. The molecule has 0 bridgehead atoms. The first-order chi connectivity index (χ1) is 10.4. The van der Waals surface area contributed by atoms with Crippen LogP contribution in [-0.4, -0.2) is 17.0 Å². The number of aryl methyl sites for hydroxylation is 2. The Morgan fingerprint density at radius 2 is 1.91 bits per heavy atom. The average Bonchev–Trinajstić information content (AvgIpc) is 3.00. The molecule has 1 amide bonds. The van der Waals surface area contributed by atoms with E-state index in [1.165, 1.54) is 11.3 Å². The Hall–Kier alpha value is -2.14. The van der Waals surface area contributed by atoms with Gasteiger partial charge in [0, 0.05) is 4.88 Å². The third kappa shape index (κ3) is 3.54. The van der Waals surface area contributed by atoms with Crippen molar-refractivity contribution in [2.75, 3.05) is 0 Å². The van der Waals surface area contributed by atoms with Gasteiger partial charge in [-0.05, 0) is 48.9 Å². The highest BCUT2D eigenvalue weighted by molar-refractivity contribution is 7.10. The second-order valence-corrected chi connectivity index (χ2v) is 6.34. The predicted molar refractivity (Wildman–Crippen MR) is 87.2 cm³/mol. The molecule has 2 unspecified atom stereocenters. The summed E-state index contributed by atoms with van der Waals surface area (Å²) >= 11 is 1.49. The lowest BCUT2D eigenvalue weighted by Crippen LogP contribution is -2.36. The summed E-state index contributed by atoms with van der Waals surface area (Å²) in [7, 11) is 0. The molecule has 0 saturated carbocycles. The van der Waals surface area contributed by atoms with Crippen molar-refractivity contribution in [2.24, 2.45) is 0 Å². The van der Waals surface area contributed by atoms with Gasteiger partial charge in [-0.3, -0.25) is 4.79 Å². The Labute approximate surface area is 133 Å². The quantitative estimate of drug-likeness (QED) is 0.888. The molecule has 1 heterocycles. The molecular formula is C17H19NO3S. The van der Waals surface area contributed by atoms with E-state index < -0.39 is 12.0 Å². The van der Waals surface area contributed by atoms with Gasteiger partial charge in [-0.15, -0.1) is 11.3 Å². The molecule has 2 atom stereocenters. The highest BCUT2D eigenvalue weighted by atomic mass is 32.1. The summed E-state index contributed by atoms with van der Waals surface area (Å²) in [6, 6.07) is 8.15. The lowest BCUT2D eigenvalue weighted by atomic mass is 10.00.